The van der Waals surface area contributed by atoms with Gasteiger partial charge in [-0.1, -0.05) is 23.2 Å². The van der Waals surface area contributed by atoms with Gasteiger partial charge in [0, 0.05) is 10.0 Å². The van der Waals surface area contributed by atoms with Gasteiger partial charge in [0.1, 0.15) is 0 Å². The number of halogens is 2. The average molecular weight is 181 g/mol. The van der Waals surface area contributed by atoms with Crippen LogP contribution in [0.2, 0.25) is 10.0 Å². The van der Waals surface area contributed by atoms with E-state index in [1.807, 2.05) is 0 Å². The van der Waals surface area contributed by atoms with Crippen molar-refractivity contribution in [2.24, 2.45) is 0 Å². The van der Waals surface area contributed by atoms with E-state index in [0.29, 0.717) is 0 Å². The maximum Gasteiger partial charge on any atom is 0.0407 e. The molecule has 1 rings (SSSR count). The summed E-state index contributed by atoms with van der Waals surface area (Å²) in [5, 5.41) is 1.43. The van der Waals surface area contributed by atoms with E-state index in [-0.39, 0.29) is 13.5 Å². The van der Waals surface area contributed by atoms with E-state index in [4.69, 9.17) is 23.2 Å². The Hall–Kier alpha value is 0.150. The van der Waals surface area contributed by atoms with Gasteiger partial charge in [-0.05, 0) is 24.3 Å². The molecule has 0 aliphatic carbocycles. The fourth-order valence-corrected chi connectivity index (χ4v) is 0.682. The minimum atomic E-state index is 0. The molecule has 3 heteroatoms. The van der Waals surface area contributed by atoms with Crippen LogP contribution in [-0.2, 0) is 0 Å². The van der Waals surface area contributed by atoms with Gasteiger partial charge in [-0.25, -0.2) is 0 Å². The molecule has 0 aliphatic heterocycles. The maximum atomic E-state index is 5.55. The summed E-state index contributed by atoms with van der Waals surface area (Å²) in [6, 6.07) is 7.02. The van der Waals surface area contributed by atoms with Gasteiger partial charge in [0.15, 0.2) is 0 Å². The smallest absolute Gasteiger partial charge is 0.0407 e. The topological polar surface area (TPSA) is 0 Å². The van der Waals surface area contributed by atoms with Crippen molar-refractivity contribution in [1.82, 2.24) is 0 Å². The molecule has 0 bridgehead atoms. The van der Waals surface area contributed by atoms with E-state index in [0.717, 1.165) is 10.0 Å². The maximum absolute atomic E-state index is 5.55. The van der Waals surface area contributed by atoms with Crippen LogP contribution in [0.15, 0.2) is 24.3 Å². The van der Waals surface area contributed by atoms with Crippen molar-refractivity contribution < 1.29 is 0 Å². The van der Waals surface area contributed by atoms with E-state index < -0.39 is 0 Å². The quantitative estimate of drug-likeness (QED) is 0.576. The van der Waals surface area contributed by atoms with Gasteiger partial charge in [0.25, 0.3) is 0 Å². The predicted octanol–water partition coefficient (Wildman–Crippen LogP) is 3.11. The van der Waals surface area contributed by atoms with Crippen LogP contribution in [0.25, 0.3) is 0 Å². The molecular formula is C6H6Cl2S. The van der Waals surface area contributed by atoms with Crippen molar-refractivity contribution in [2.45, 2.75) is 0 Å². The van der Waals surface area contributed by atoms with E-state index >= 15 is 0 Å². The first kappa shape index (κ1) is 9.15. The number of benzene rings is 1. The highest BCUT2D eigenvalue weighted by atomic mass is 35.5. The lowest BCUT2D eigenvalue weighted by Crippen LogP contribution is -1.60. The molecule has 0 unspecified atom stereocenters. The molecule has 0 fully saturated rings. The van der Waals surface area contributed by atoms with E-state index in [1.54, 1.807) is 24.3 Å². The van der Waals surface area contributed by atoms with Crippen LogP contribution in [-0.4, -0.2) is 0 Å². The Morgan fingerprint density at radius 1 is 0.778 bits per heavy atom. The van der Waals surface area contributed by atoms with Gasteiger partial charge >= 0.3 is 0 Å². The molecule has 50 valence electrons. The molecule has 0 saturated carbocycles. The molecule has 0 amide bonds. The third kappa shape index (κ3) is 2.99. The lowest BCUT2D eigenvalue weighted by atomic mass is 10.4. The summed E-state index contributed by atoms with van der Waals surface area (Å²) in [6.45, 7) is 0. The van der Waals surface area contributed by atoms with Crippen LogP contribution in [0.5, 0.6) is 0 Å². The van der Waals surface area contributed by atoms with E-state index in [2.05, 4.69) is 0 Å². The molecule has 0 N–H and O–H groups in total. The molecule has 0 aromatic heterocycles. The van der Waals surface area contributed by atoms with Crippen molar-refractivity contribution in [1.29, 1.82) is 0 Å². The van der Waals surface area contributed by atoms with Crippen LogP contribution in [0.4, 0.5) is 0 Å². The number of hydrogen-bond acceptors (Lipinski definition) is 0. The Morgan fingerprint density at radius 2 is 1.00 bits per heavy atom. The Labute approximate surface area is 71.2 Å². The van der Waals surface area contributed by atoms with Crippen LogP contribution in [0.1, 0.15) is 0 Å². The Bertz CT molecular complexity index is 150. The van der Waals surface area contributed by atoms with Gasteiger partial charge < -0.3 is 0 Å². The zero-order valence-corrected chi connectivity index (χ0v) is 7.08. The highest BCUT2D eigenvalue weighted by Crippen LogP contribution is 2.12. The average Bonchev–Trinajstić information content (AvgIpc) is 1.77. The SMILES string of the molecule is Clc1ccc(Cl)cc1.S. The third-order valence-corrected chi connectivity index (χ3v) is 1.31. The summed E-state index contributed by atoms with van der Waals surface area (Å²) < 4.78 is 0. The van der Waals surface area contributed by atoms with E-state index in [1.165, 1.54) is 0 Å². The van der Waals surface area contributed by atoms with Gasteiger partial charge in [-0.3, -0.25) is 0 Å². The van der Waals surface area contributed by atoms with Crippen LogP contribution in [0.3, 0.4) is 0 Å². The highest BCUT2D eigenvalue weighted by molar-refractivity contribution is 7.59. The molecule has 1 aromatic carbocycles. The first-order valence-corrected chi connectivity index (χ1v) is 2.96. The minimum Gasteiger partial charge on any atom is -0.197 e. The van der Waals surface area contributed by atoms with Crippen LogP contribution < -0.4 is 0 Å². The number of hydrogen-bond donors (Lipinski definition) is 0. The molecule has 0 aliphatic rings. The van der Waals surface area contributed by atoms with Crippen molar-refractivity contribution in [3.05, 3.63) is 34.3 Å². The third-order valence-electron chi connectivity index (χ3n) is 0.804. The van der Waals surface area contributed by atoms with Gasteiger partial charge in [-0.2, -0.15) is 13.5 Å². The fourth-order valence-electron chi connectivity index (χ4n) is 0.430. The largest absolute Gasteiger partial charge is 0.197 e. The second-order valence-corrected chi connectivity index (χ2v) is 2.31. The van der Waals surface area contributed by atoms with Gasteiger partial charge in [0.05, 0.1) is 0 Å². The lowest BCUT2D eigenvalue weighted by Gasteiger charge is -1.86. The molecule has 0 saturated heterocycles. The van der Waals surface area contributed by atoms with Crippen molar-refractivity contribution in [3.8, 4) is 0 Å². The van der Waals surface area contributed by atoms with Crippen molar-refractivity contribution >= 4 is 36.7 Å². The van der Waals surface area contributed by atoms with Crippen molar-refractivity contribution in [2.75, 3.05) is 0 Å². The second-order valence-electron chi connectivity index (χ2n) is 1.44. The van der Waals surface area contributed by atoms with Crippen LogP contribution >= 0.6 is 36.7 Å². The Morgan fingerprint density at radius 3 is 1.22 bits per heavy atom. The monoisotopic (exact) mass is 180 g/mol. The summed E-state index contributed by atoms with van der Waals surface area (Å²) in [5.74, 6) is 0. The highest BCUT2D eigenvalue weighted by Gasteiger charge is 1.83. The Balaban J connectivity index is 0.000000640. The molecule has 0 spiro atoms. The molecule has 0 atom stereocenters. The first-order valence-electron chi connectivity index (χ1n) is 2.20. The molecule has 0 nitrogen and oxygen atoms in total. The molecule has 0 heterocycles. The lowest BCUT2D eigenvalue weighted by molar-refractivity contribution is 1.71. The van der Waals surface area contributed by atoms with Crippen LogP contribution in [0, 0.1) is 0 Å². The van der Waals surface area contributed by atoms with Gasteiger partial charge in [-0.15, -0.1) is 0 Å². The minimum absolute atomic E-state index is 0. The number of rotatable bonds is 0. The fraction of sp³-hybridized carbons (Fsp3) is 0. The molecule has 1 aromatic rings. The second kappa shape index (κ2) is 4.04. The normalized spacial score (nSPS) is 8.22. The summed E-state index contributed by atoms with van der Waals surface area (Å²) in [4.78, 5) is 0. The van der Waals surface area contributed by atoms with E-state index in [9.17, 15) is 0 Å². The van der Waals surface area contributed by atoms with Gasteiger partial charge in [0.2, 0.25) is 0 Å². The summed E-state index contributed by atoms with van der Waals surface area (Å²) in [5.41, 5.74) is 0. The predicted molar refractivity (Wildman–Crippen MR) is 46.8 cm³/mol. The summed E-state index contributed by atoms with van der Waals surface area (Å²) in [6.07, 6.45) is 0. The Kier molecular flexibility index (Phi) is 4.11. The first-order chi connectivity index (χ1) is 3.79. The molecule has 9 heavy (non-hydrogen) atoms. The molecule has 0 radical (unpaired) electrons. The molecular weight excluding hydrogens is 175 g/mol. The standard InChI is InChI=1S/C6H4Cl2.H2S/c7-5-1-2-6(8)4-3-5;/h1-4H;1H2. The summed E-state index contributed by atoms with van der Waals surface area (Å²) >= 11 is 11.1. The zero-order chi connectivity index (χ0) is 5.98. The van der Waals surface area contributed by atoms with Crippen molar-refractivity contribution in [3.63, 3.8) is 0 Å². The summed E-state index contributed by atoms with van der Waals surface area (Å²) in [7, 11) is 0. The zero-order valence-electron chi connectivity index (χ0n) is 4.57.